The van der Waals surface area contributed by atoms with E-state index in [-0.39, 0.29) is 0 Å². The maximum atomic E-state index is 5.90. The molecule has 0 aliphatic carbocycles. The minimum atomic E-state index is 0.447. The van der Waals surface area contributed by atoms with E-state index in [4.69, 9.17) is 15.2 Å². The zero-order valence-corrected chi connectivity index (χ0v) is 13.9. The highest BCUT2D eigenvalue weighted by Crippen LogP contribution is 2.37. The molecule has 0 aliphatic rings. The summed E-state index contributed by atoms with van der Waals surface area (Å²) in [6.07, 6.45) is 4.52. The van der Waals surface area contributed by atoms with Crippen LogP contribution in [0.5, 0.6) is 11.5 Å². The van der Waals surface area contributed by atoms with E-state index in [9.17, 15) is 0 Å². The van der Waals surface area contributed by atoms with Gasteiger partial charge in [-0.3, -0.25) is 4.68 Å². The van der Waals surface area contributed by atoms with Crippen LogP contribution in [0, 0.1) is 0 Å². The zero-order chi connectivity index (χ0) is 15.2. The second-order valence-corrected chi connectivity index (χ2v) is 5.54. The summed E-state index contributed by atoms with van der Waals surface area (Å²) in [5.74, 6) is 1.45. The molecule has 0 amide bonds. The molecule has 1 aromatic carbocycles. The standard InChI is InChI=1S/C15H20BrN3O2/c1-3-20-14-7-11(4-5-17)6-13(16)15(14)21-10-12-8-18-19(2)9-12/h6-9H,3-5,10,17H2,1-2H3. The molecule has 0 fully saturated rings. The van der Waals surface area contributed by atoms with Crippen LogP contribution in [-0.2, 0) is 20.1 Å². The van der Waals surface area contributed by atoms with Crippen molar-refractivity contribution in [2.45, 2.75) is 20.0 Å². The lowest BCUT2D eigenvalue weighted by Crippen LogP contribution is -2.05. The molecule has 0 unspecified atom stereocenters. The Kier molecular flexibility index (Phi) is 5.64. The fourth-order valence-electron chi connectivity index (χ4n) is 2.04. The Labute approximate surface area is 133 Å². The van der Waals surface area contributed by atoms with Gasteiger partial charge in [-0.25, -0.2) is 0 Å². The van der Waals surface area contributed by atoms with Crippen LogP contribution in [0.25, 0.3) is 0 Å². The molecule has 0 bridgehead atoms. The van der Waals surface area contributed by atoms with E-state index < -0.39 is 0 Å². The molecule has 0 atom stereocenters. The van der Waals surface area contributed by atoms with Gasteiger partial charge in [0.05, 0.1) is 17.3 Å². The number of nitrogens with two attached hydrogens (primary N) is 1. The van der Waals surface area contributed by atoms with E-state index in [1.807, 2.05) is 32.3 Å². The quantitative estimate of drug-likeness (QED) is 0.831. The summed E-state index contributed by atoms with van der Waals surface area (Å²) in [4.78, 5) is 0. The lowest BCUT2D eigenvalue weighted by molar-refractivity contribution is 0.267. The van der Waals surface area contributed by atoms with Gasteiger partial charge in [-0.05, 0) is 53.5 Å². The summed E-state index contributed by atoms with van der Waals surface area (Å²) >= 11 is 3.55. The third-order valence-corrected chi connectivity index (χ3v) is 3.53. The molecular weight excluding hydrogens is 334 g/mol. The molecule has 0 spiro atoms. The van der Waals surface area contributed by atoms with Crippen LogP contribution in [0.3, 0.4) is 0 Å². The maximum absolute atomic E-state index is 5.90. The molecule has 1 heterocycles. The van der Waals surface area contributed by atoms with Gasteiger partial charge < -0.3 is 15.2 Å². The van der Waals surface area contributed by atoms with Crippen molar-refractivity contribution < 1.29 is 9.47 Å². The Bertz CT molecular complexity index is 599. The van der Waals surface area contributed by atoms with Gasteiger partial charge in [-0.15, -0.1) is 0 Å². The number of benzene rings is 1. The normalized spacial score (nSPS) is 10.7. The number of hydrogen-bond donors (Lipinski definition) is 1. The van der Waals surface area contributed by atoms with Crippen LogP contribution in [0.15, 0.2) is 29.0 Å². The monoisotopic (exact) mass is 353 g/mol. The van der Waals surface area contributed by atoms with Gasteiger partial charge in [-0.2, -0.15) is 5.10 Å². The Morgan fingerprint density at radius 2 is 2.10 bits per heavy atom. The lowest BCUT2D eigenvalue weighted by atomic mass is 10.1. The van der Waals surface area contributed by atoms with Gasteiger partial charge in [0.25, 0.3) is 0 Å². The van der Waals surface area contributed by atoms with Crippen LogP contribution in [0.1, 0.15) is 18.1 Å². The first kappa shape index (κ1) is 15.9. The molecule has 0 aliphatic heterocycles. The van der Waals surface area contributed by atoms with Crippen LogP contribution in [0.2, 0.25) is 0 Å². The van der Waals surface area contributed by atoms with E-state index in [1.165, 1.54) is 0 Å². The topological polar surface area (TPSA) is 62.3 Å². The van der Waals surface area contributed by atoms with E-state index in [2.05, 4.69) is 21.0 Å². The molecule has 2 aromatic rings. The fourth-order valence-corrected chi connectivity index (χ4v) is 2.64. The molecular formula is C15H20BrN3O2. The van der Waals surface area contributed by atoms with Crippen LogP contribution in [0.4, 0.5) is 0 Å². The number of aryl methyl sites for hydroxylation is 1. The highest BCUT2D eigenvalue weighted by atomic mass is 79.9. The average molecular weight is 354 g/mol. The third-order valence-electron chi connectivity index (χ3n) is 2.94. The maximum Gasteiger partial charge on any atom is 0.175 e. The summed E-state index contributed by atoms with van der Waals surface area (Å²) in [7, 11) is 1.88. The van der Waals surface area contributed by atoms with Crippen molar-refractivity contribution in [2.24, 2.45) is 12.8 Å². The summed E-state index contributed by atoms with van der Waals surface area (Å²) in [5, 5.41) is 4.13. The minimum absolute atomic E-state index is 0.447. The highest BCUT2D eigenvalue weighted by molar-refractivity contribution is 9.10. The second-order valence-electron chi connectivity index (χ2n) is 4.69. The average Bonchev–Trinajstić information content (AvgIpc) is 2.84. The van der Waals surface area contributed by atoms with Gasteiger partial charge in [0, 0.05) is 18.8 Å². The van der Waals surface area contributed by atoms with Crippen LogP contribution >= 0.6 is 15.9 Å². The SMILES string of the molecule is CCOc1cc(CCN)cc(Br)c1OCc1cnn(C)c1. The highest BCUT2D eigenvalue weighted by Gasteiger charge is 2.12. The summed E-state index contributed by atoms with van der Waals surface area (Å²) in [6.45, 7) is 3.59. The van der Waals surface area contributed by atoms with Crippen molar-refractivity contribution in [1.82, 2.24) is 9.78 Å². The zero-order valence-electron chi connectivity index (χ0n) is 12.3. The number of nitrogens with zero attached hydrogens (tertiary/aromatic N) is 2. The van der Waals surface area contributed by atoms with Crippen molar-refractivity contribution >= 4 is 15.9 Å². The Morgan fingerprint density at radius 1 is 1.29 bits per heavy atom. The molecule has 2 N–H and O–H groups in total. The Hall–Kier alpha value is -1.53. The Morgan fingerprint density at radius 3 is 2.71 bits per heavy atom. The minimum Gasteiger partial charge on any atom is -0.490 e. The van der Waals surface area contributed by atoms with Crippen LogP contribution in [-0.4, -0.2) is 22.9 Å². The van der Waals surface area contributed by atoms with Crippen molar-refractivity contribution in [3.05, 3.63) is 40.1 Å². The molecule has 21 heavy (non-hydrogen) atoms. The lowest BCUT2D eigenvalue weighted by Gasteiger charge is -2.15. The van der Waals surface area contributed by atoms with Gasteiger partial charge in [0.2, 0.25) is 0 Å². The first-order valence-electron chi connectivity index (χ1n) is 6.89. The van der Waals surface area contributed by atoms with Crippen molar-refractivity contribution in [3.63, 3.8) is 0 Å². The summed E-state index contributed by atoms with van der Waals surface area (Å²) < 4.78 is 14.2. The molecule has 5 nitrogen and oxygen atoms in total. The number of halogens is 1. The second kappa shape index (κ2) is 7.47. The molecule has 0 saturated carbocycles. The molecule has 6 heteroatoms. The molecule has 0 radical (unpaired) electrons. The molecule has 0 saturated heterocycles. The van der Waals surface area contributed by atoms with Crippen molar-refractivity contribution in [3.8, 4) is 11.5 Å². The summed E-state index contributed by atoms with van der Waals surface area (Å²) in [6, 6.07) is 4.01. The van der Waals surface area contributed by atoms with Crippen molar-refractivity contribution in [2.75, 3.05) is 13.2 Å². The Balaban J connectivity index is 2.19. The van der Waals surface area contributed by atoms with E-state index in [0.29, 0.717) is 25.5 Å². The first-order valence-corrected chi connectivity index (χ1v) is 7.69. The van der Waals surface area contributed by atoms with Crippen LogP contribution < -0.4 is 15.2 Å². The van der Waals surface area contributed by atoms with E-state index in [0.717, 1.165) is 27.8 Å². The molecule has 1 aromatic heterocycles. The number of aromatic nitrogens is 2. The summed E-state index contributed by atoms with van der Waals surface area (Å²) in [5.41, 5.74) is 7.75. The third kappa shape index (κ3) is 4.22. The largest absolute Gasteiger partial charge is 0.490 e. The fraction of sp³-hybridized carbons (Fsp3) is 0.400. The molecule has 114 valence electrons. The van der Waals surface area contributed by atoms with E-state index >= 15 is 0 Å². The van der Waals surface area contributed by atoms with Gasteiger partial charge in [0.1, 0.15) is 6.61 Å². The smallest absolute Gasteiger partial charge is 0.175 e. The number of ether oxygens (including phenoxy) is 2. The van der Waals surface area contributed by atoms with Gasteiger partial charge in [0.15, 0.2) is 11.5 Å². The molecule has 2 rings (SSSR count). The first-order chi connectivity index (χ1) is 10.1. The number of hydrogen-bond acceptors (Lipinski definition) is 4. The van der Waals surface area contributed by atoms with E-state index in [1.54, 1.807) is 10.9 Å². The van der Waals surface area contributed by atoms with Crippen molar-refractivity contribution in [1.29, 1.82) is 0 Å². The predicted octanol–water partition coefficient (Wildman–Crippen LogP) is 2.66. The van der Waals surface area contributed by atoms with Gasteiger partial charge in [-0.1, -0.05) is 0 Å². The van der Waals surface area contributed by atoms with Gasteiger partial charge >= 0.3 is 0 Å². The number of rotatable bonds is 7. The predicted molar refractivity (Wildman–Crippen MR) is 85.6 cm³/mol.